The lowest BCUT2D eigenvalue weighted by Gasteiger charge is -2.28. The number of aliphatic imine (C=N–C) groups is 1. The summed E-state index contributed by atoms with van der Waals surface area (Å²) < 4.78 is 5.35. The lowest BCUT2D eigenvalue weighted by molar-refractivity contribution is 0.141. The van der Waals surface area contributed by atoms with E-state index in [1.54, 1.807) is 7.11 Å². The lowest BCUT2D eigenvalue weighted by Crippen LogP contribution is -2.42. The summed E-state index contributed by atoms with van der Waals surface area (Å²) in [6.07, 6.45) is 6.31. The van der Waals surface area contributed by atoms with Gasteiger partial charge in [-0.25, -0.2) is 0 Å². The van der Waals surface area contributed by atoms with Crippen LogP contribution in [0, 0.1) is 5.41 Å². The lowest BCUT2D eigenvalue weighted by atomic mass is 9.83. The number of hydrogen-bond acceptors (Lipinski definition) is 4. The topological polar surface area (TPSA) is 48.9 Å². The number of methoxy groups -OCH3 is 1. The first kappa shape index (κ1) is 21.2. The molecule has 1 aliphatic carbocycles. The number of thiophene rings is 1. The molecular formula is C20H36N4OS. The van der Waals surface area contributed by atoms with Gasteiger partial charge in [0.05, 0.1) is 6.04 Å². The zero-order valence-corrected chi connectivity index (χ0v) is 17.7. The van der Waals surface area contributed by atoms with Gasteiger partial charge in [0.1, 0.15) is 0 Å². The third-order valence-electron chi connectivity index (χ3n) is 5.38. The van der Waals surface area contributed by atoms with E-state index in [4.69, 9.17) is 9.73 Å². The molecule has 0 aliphatic heterocycles. The van der Waals surface area contributed by atoms with Crippen molar-refractivity contribution < 1.29 is 4.74 Å². The van der Waals surface area contributed by atoms with E-state index in [1.807, 2.05) is 11.3 Å². The maximum Gasteiger partial charge on any atom is 0.191 e. The Morgan fingerprint density at radius 1 is 1.35 bits per heavy atom. The number of guanidine groups is 1. The van der Waals surface area contributed by atoms with E-state index in [0.29, 0.717) is 11.5 Å². The monoisotopic (exact) mass is 380 g/mol. The first-order chi connectivity index (χ1) is 12.6. The van der Waals surface area contributed by atoms with Crippen LogP contribution in [0.4, 0.5) is 0 Å². The van der Waals surface area contributed by atoms with Crippen molar-refractivity contribution in [3.8, 4) is 0 Å². The number of nitrogens with one attached hydrogen (secondary N) is 2. The highest BCUT2D eigenvalue weighted by Crippen LogP contribution is 2.41. The number of likely N-dealkylation sites (N-methyl/N-ethyl adjacent to an activating group) is 1. The minimum absolute atomic E-state index is 0.326. The Hall–Kier alpha value is -1.11. The van der Waals surface area contributed by atoms with E-state index in [0.717, 1.165) is 38.6 Å². The Morgan fingerprint density at radius 3 is 2.69 bits per heavy atom. The standard InChI is InChI=1S/C20H36N4OS/c1-5-21-19(22-15-17(24(2)3)18-9-8-14-26-18)23-16-20(12-13-25-4)10-6-7-11-20/h8-9,14,17H,5-7,10-13,15-16H2,1-4H3,(H2,21,22,23). The summed E-state index contributed by atoms with van der Waals surface area (Å²) in [6, 6.07) is 4.68. The van der Waals surface area contributed by atoms with Crippen LogP contribution in [0.25, 0.3) is 0 Å². The predicted octanol–water partition coefficient (Wildman–Crippen LogP) is 3.50. The van der Waals surface area contributed by atoms with Crippen molar-refractivity contribution in [3.63, 3.8) is 0 Å². The summed E-state index contributed by atoms with van der Waals surface area (Å²) >= 11 is 1.81. The Kier molecular flexibility index (Phi) is 8.88. The fraction of sp³-hybridized carbons (Fsp3) is 0.750. The highest BCUT2D eigenvalue weighted by atomic mass is 32.1. The zero-order valence-electron chi connectivity index (χ0n) is 16.9. The Balaban J connectivity index is 1.99. The number of nitrogens with zero attached hydrogens (tertiary/aromatic N) is 2. The van der Waals surface area contributed by atoms with Gasteiger partial charge in [0, 0.05) is 38.2 Å². The third-order valence-corrected chi connectivity index (χ3v) is 6.35. The van der Waals surface area contributed by atoms with E-state index >= 15 is 0 Å². The highest BCUT2D eigenvalue weighted by Gasteiger charge is 2.33. The quantitative estimate of drug-likeness (QED) is 0.482. The van der Waals surface area contributed by atoms with Crippen LogP contribution >= 0.6 is 11.3 Å². The molecule has 148 valence electrons. The van der Waals surface area contributed by atoms with Crippen LogP contribution in [-0.2, 0) is 4.74 Å². The molecule has 0 spiro atoms. The van der Waals surface area contributed by atoms with Gasteiger partial charge in [0.2, 0.25) is 0 Å². The molecule has 0 bridgehead atoms. The van der Waals surface area contributed by atoms with Crippen LogP contribution in [0.5, 0.6) is 0 Å². The summed E-state index contributed by atoms with van der Waals surface area (Å²) in [5.74, 6) is 0.930. The second-order valence-corrected chi connectivity index (χ2v) is 8.50. The van der Waals surface area contributed by atoms with Crippen LogP contribution in [0.1, 0.15) is 49.9 Å². The summed E-state index contributed by atoms with van der Waals surface area (Å²) in [5, 5.41) is 9.12. The molecule has 1 atom stereocenters. The van der Waals surface area contributed by atoms with Crippen molar-refractivity contribution in [1.82, 2.24) is 15.5 Å². The van der Waals surface area contributed by atoms with E-state index in [9.17, 15) is 0 Å². The second kappa shape index (κ2) is 10.9. The van der Waals surface area contributed by atoms with Crippen LogP contribution < -0.4 is 10.6 Å². The van der Waals surface area contributed by atoms with E-state index in [1.165, 1.54) is 30.6 Å². The molecular weight excluding hydrogens is 344 g/mol. The molecule has 0 saturated heterocycles. The predicted molar refractivity (Wildman–Crippen MR) is 112 cm³/mol. The second-order valence-electron chi connectivity index (χ2n) is 7.52. The molecule has 6 heteroatoms. The molecule has 1 saturated carbocycles. The maximum atomic E-state index is 5.35. The van der Waals surface area contributed by atoms with Crippen LogP contribution in [0.15, 0.2) is 22.5 Å². The smallest absolute Gasteiger partial charge is 0.191 e. The molecule has 1 unspecified atom stereocenters. The normalized spacial score (nSPS) is 18.3. The van der Waals surface area contributed by atoms with Crippen molar-refractivity contribution in [1.29, 1.82) is 0 Å². The molecule has 1 aliphatic rings. The zero-order chi connectivity index (χ0) is 18.8. The van der Waals surface area contributed by atoms with Crippen molar-refractivity contribution >= 4 is 17.3 Å². The Morgan fingerprint density at radius 2 is 2.12 bits per heavy atom. The largest absolute Gasteiger partial charge is 0.385 e. The third kappa shape index (κ3) is 6.25. The van der Waals surface area contributed by atoms with Gasteiger partial charge in [-0.15, -0.1) is 11.3 Å². The average Bonchev–Trinajstić information content (AvgIpc) is 3.30. The van der Waals surface area contributed by atoms with E-state index < -0.39 is 0 Å². The summed E-state index contributed by atoms with van der Waals surface area (Å²) in [4.78, 5) is 8.60. The van der Waals surface area contributed by atoms with Gasteiger partial charge >= 0.3 is 0 Å². The number of ether oxygens (including phenoxy) is 1. The van der Waals surface area contributed by atoms with Gasteiger partial charge in [0.25, 0.3) is 0 Å². The van der Waals surface area contributed by atoms with Crippen LogP contribution in [0.3, 0.4) is 0 Å². The molecule has 0 radical (unpaired) electrons. The van der Waals surface area contributed by atoms with Crippen LogP contribution in [0.2, 0.25) is 0 Å². The first-order valence-electron chi connectivity index (χ1n) is 9.81. The highest BCUT2D eigenvalue weighted by molar-refractivity contribution is 7.10. The minimum Gasteiger partial charge on any atom is -0.385 e. The van der Waals surface area contributed by atoms with Gasteiger partial charge in [-0.2, -0.15) is 0 Å². The van der Waals surface area contributed by atoms with Gasteiger partial charge < -0.3 is 20.3 Å². The summed E-state index contributed by atoms with van der Waals surface area (Å²) in [7, 11) is 6.06. The fourth-order valence-corrected chi connectivity index (χ4v) is 4.65. The average molecular weight is 381 g/mol. The Bertz CT molecular complexity index is 524. The van der Waals surface area contributed by atoms with Crippen molar-refractivity contribution in [2.45, 2.75) is 45.1 Å². The molecule has 1 aromatic heterocycles. The van der Waals surface area contributed by atoms with Crippen molar-refractivity contribution in [2.75, 3.05) is 47.4 Å². The molecule has 1 aromatic rings. The number of hydrogen-bond donors (Lipinski definition) is 2. The SMILES string of the molecule is CCNC(=NCC1(CCOC)CCCC1)NCC(c1cccs1)N(C)C. The van der Waals surface area contributed by atoms with Crippen molar-refractivity contribution in [3.05, 3.63) is 22.4 Å². The van der Waals surface area contributed by atoms with E-state index in [2.05, 4.69) is 54.1 Å². The molecule has 0 aromatic carbocycles. The van der Waals surface area contributed by atoms with Gasteiger partial charge in [-0.1, -0.05) is 18.9 Å². The number of rotatable bonds is 10. The summed E-state index contributed by atoms with van der Waals surface area (Å²) in [6.45, 7) is 5.57. The fourth-order valence-electron chi connectivity index (χ4n) is 3.73. The van der Waals surface area contributed by atoms with Crippen molar-refractivity contribution in [2.24, 2.45) is 10.4 Å². The van der Waals surface area contributed by atoms with Gasteiger partial charge in [-0.3, -0.25) is 4.99 Å². The molecule has 0 amide bonds. The Labute approximate surface area is 163 Å². The minimum atomic E-state index is 0.326. The molecule has 2 rings (SSSR count). The molecule has 1 heterocycles. The summed E-state index contributed by atoms with van der Waals surface area (Å²) in [5.41, 5.74) is 0.326. The maximum absolute atomic E-state index is 5.35. The van der Waals surface area contributed by atoms with Crippen LogP contribution in [-0.4, -0.2) is 58.3 Å². The van der Waals surface area contributed by atoms with E-state index in [-0.39, 0.29) is 0 Å². The molecule has 2 N–H and O–H groups in total. The molecule has 1 fully saturated rings. The first-order valence-corrected chi connectivity index (χ1v) is 10.7. The molecule has 5 nitrogen and oxygen atoms in total. The van der Waals surface area contributed by atoms with Gasteiger partial charge in [0.15, 0.2) is 5.96 Å². The molecule has 26 heavy (non-hydrogen) atoms. The van der Waals surface area contributed by atoms with Gasteiger partial charge in [-0.05, 0) is 57.1 Å².